The Bertz CT molecular complexity index is 452. The van der Waals surface area contributed by atoms with Crippen LogP contribution in [0.5, 0.6) is 0 Å². The quantitative estimate of drug-likeness (QED) is 0.671. The van der Waals surface area contributed by atoms with Gasteiger partial charge in [-0.1, -0.05) is 12.8 Å². The van der Waals surface area contributed by atoms with E-state index in [1.165, 1.54) is 0 Å². The first-order valence-electron chi connectivity index (χ1n) is 6.78. The van der Waals surface area contributed by atoms with Crippen LogP contribution in [0.15, 0.2) is 0 Å². The van der Waals surface area contributed by atoms with Gasteiger partial charge in [0.15, 0.2) is 9.84 Å². The fourth-order valence-electron chi connectivity index (χ4n) is 2.57. The average molecular weight is 288 g/mol. The van der Waals surface area contributed by atoms with Gasteiger partial charge in [0.2, 0.25) is 0 Å². The minimum absolute atomic E-state index is 0.0496. The summed E-state index contributed by atoms with van der Waals surface area (Å²) in [5.74, 6) is -1.14. The fourth-order valence-corrected chi connectivity index (χ4v) is 4.25. The number of nitrogens with one attached hydrogen (secondary N) is 1. The maximum Gasteiger partial charge on any atom is 0.311 e. The second kappa shape index (κ2) is 5.90. The first-order chi connectivity index (χ1) is 8.98. The summed E-state index contributed by atoms with van der Waals surface area (Å²) in [5.41, 5.74) is 0. The molecule has 0 aromatic rings. The molecular weight excluding hydrogens is 268 g/mol. The predicted octanol–water partition coefficient (Wildman–Crippen LogP) is -0.308. The Balaban J connectivity index is 1.87. The number of sulfone groups is 1. The summed E-state index contributed by atoms with van der Waals surface area (Å²) in [5, 5.41) is 2.54. The third-order valence-corrected chi connectivity index (χ3v) is 5.42. The van der Waals surface area contributed by atoms with Crippen molar-refractivity contribution >= 4 is 21.7 Å². The minimum Gasteiger partial charge on any atom is -0.344 e. The molecule has 0 bridgehead atoms. The van der Waals surface area contributed by atoms with Crippen LogP contribution in [0, 0.1) is 0 Å². The van der Waals surface area contributed by atoms with E-state index in [2.05, 4.69) is 5.32 Å². The molecule has 2 aliphatic rings. The molecule has 0 aromatic heterocycles. The van der Waals surface area contributed by atoms with E-state index in [0.717, 1.165) is 25.7 Å². The number of hydrogen-bond donors (Lipinski definition) is 1. The van der Waals surface area contributed by atoms with E-state index in [4.69, 9.17) is 0 Å². The van der Waals surface area contributed by atoms with Gasteiger partial charge in [0.25, 0.3) is 0 Å². The number of carbonyl (C=O) groups excluding carboxylic acids is 2. The number of hydrogen-bond acceptors (Lipinski definition) is 4. The molecule has 2 saturated heterocycles. The molecule has 2 aliphatic heterocycles. The Labute approximate surface area is 113 Å². The molecule has 0 aromatic carbocycles. The molecule has 2 heterocycles. The van der Waals surface area contributed by atoms with Crippen LogP contribution in [0.1, 0.15) is 32.1 Å². The lowest BCUT2D eigenvalue weighted by atomic mass is 10.2. The molecular formula is C12H20N2O4S. The average Bonchev–Trinajstić information content (AvgIpc) is 2.59. The van der Waals surface area contributed by atoms with Crippen molar-refractivity contribution in [3.63, 3.8) is 0 Å². The molecule has 6 nitrogen and oxygen atoms in total. The highest BCUT2D eigenvalue weighted by Crippen LogP contribution is 2.12. The molecule has 2 fully saturated rings. The first-order valence-corrected chi connectivity index (χ1v) is 8.60. The van der Waals surface area contributed by atoms with E-state index in [9.17, 15) is 18.0 Å². The highest BCUT2D eigenvalue weighted by atomic mass is 32.2. The molecule has 0 aliphatic carbocycles. The van der Waals surface area contributed by atoms with Crippen molar-refractivity contribution in [1.29, 1.82) is 0 Å². The SMILES string of the molecule is O=C(NC1CCS(=O)(=O)C1)C(=O)N1CCCCCC1. The van der Waals surface area contributed by atoms with Crippen LogP contribution >= 0.6 is 0 Å². The van der Waals surface area contributed by atoms with Crippen LogP contribution in [0.2, 0.25) is 0 Å². The van der Waals surface area contributed by atoms with Crippen molar-refractivity contribution in [3.8, 4) is 0 Å². The van der Waals surface area contributed by atoms with Crippen LogP contribution in [-0.4, -0.2) is 55.8 Å². The molecule has 2 rings (SSSR count). The Morgan fingerprint density at radius 1 is 1.05 bits per heavy atom. The van der Waals surface area contributed by atoms with E-state index in [0.29, 0.717) is 19.5 Å². The Kier molecular flexibility index (Phi) is 4.44. The third kappa shape index (κ3) is 3.92. The molecule has 1 N–H and O–H groups in total. The zero-order valence-corrected chi connectivity index (χ0v) is 11.7. The van der Waals surface area contributed by atoms with Crippen LogP contribution in [0.25, 0.3) is 0 Å². The van der Waals surface area contributed by atoms with Gasteiger partial charge in [0.05, 0.1) is 11.5 Å². The van der Waals surface area contributed by atoms with Crippen molar-refractivity contribution in [2.75, 3.05) is 24.6 Å². The summed E-state index contributed by atoms with van der Waals surface area (Å²) in [6.45, 7) is 1.24. The summed E-state index contributed by atoms with van der Waals surface area (Å²) < 4.78 is 22.6. The lowest BCUT2D eigenvalue weighted by molar-refractivity contribution is -0.146. The number of amides is 2. The molecule has 108 valence electrons. The molecule has 1 unspecified atom stereocenters. The highest BCUT2D eigenvalue weighted by molar-refractivity contribution is 7.91. The van der Waals surface area contributed by atoms with Gasteiger partial charge < -0.3 is 10.2 Å². The number of rotatable bonds is 1. The molecule has 2 amide bonds. The lowest BCUT2D eigenvalue weighted by Gasteiger charge is -2.20. The normalized spacial score (nSPS) is 26.7. The van der Waals surface area contributed by atoms with E-state index >= 15 is 0 Å². The van der Waals surface area contributed by atoms with Gasteiger partial charge in [0.1, 0.15) is 0 Å². The van der Waals surface area contributed by atoms with Crippen molar-refractivity contribution in [2.45, 2.75) is 38.1 Å². The molecule has 19 heavy (non-hydrogen) atoms. The van der Waals surface area contributed by atoms with Crippen LogP contribution in [-0.2, 0) is 19.4 Å². The number of nitrogens with zero attached hydrogens (tertiary/aromatic N) is 1. The standard InChI is InChI=1S/C12H20N2O4S/c15-11(13-10-5-8-19(17,18)9-10)12(16)14-6-3-1-2-4-7-14/h10H,1-9H2,(H,13,15). The summed E-state index contributed by atoms with van der Waals surface area (Å²) in [7, 11) is -3.04. The van der Waals surface area contributed by atoms with Gasteiger partial charge in [-0.05, 0) is 19.3 Å². The highest BCUT2D eigenvalue weighted by Gasteiger charge is 2.31. The van der Waals surface area contributed by atoms with Gasteiger partial charge in [-0.25, -0.2) is 8.42 Å². The van der Waals surface area contributed by atoms with Gasteiger partial charge in [-0.2, -0.15) is 0 Å². The zero-order valence-electron chi connectivity index (χ0n) is 10.9. The molecule has 1 atom stereocenters. The topological polar surface area (TPSA) is 83.5 Å². The van der Waals surface area contributed by atoms with Crippen LogP contribution in [0.4, 0.5) is 0 Å². The van der Waals surface area contributed by atoms with E-state index < -0.39 is 27.7 Å². The summed E-state index contributed by atoms with van der Waals surface area (Å²) in [4.78, 5) is 25.4. The lowest BCUT2D eigenvalue weighted by Crippen LogP contribution is -2.47. The summed E-state index contributed by atoms with van der Waals surface area (Å²) >= 11 is 0. The fraction of sp³-hybridized carbons (Fsp3) is 0.833. The maximum atomic E-state index is 12.0. The van der Waals surface area contributed by atoms with Gasteiger partial charge in [-0.15, -0.1) is 0 Å². The largest absolute Gasteiger partial charge is 0.344 e. The predicted molar refractivity (Wildman–Crippen MR) is 70.2 cm³/mol. The summed E-state index contributed by atoms with van der Waals surface area (Å²) in [6, 6.07) is -0.409. The maximum absolute atomic E-state index is 12.0. The number of carbonyl (C=O) groups is 2. The van der Waals surface area contributed by atoms with E-state index in [1.54, 1.807) is 4.90 Å². The summed E-state index contributed by atoms with van der Waals surface area (Å²) in [6.07, 6.45) is 4.44. The van der Waals surface area contributed by atoms with Gasteiger partial charge in [-0.3, -0.25) is 9.59 Å². The second-order valence-electron chi connectivity index (χ2n) is 5.28. The van der Waals surface area contributed by atoms with Crippen molar-refractivity contribution in [2.24, 2.45) is 0 Å². The Hall–Kier alpha value is -1.11. The molecule has 0 spiro atoms. The van der Waals surface area contributed by atoms with Crippen molar-refractivity contribution < 1.29 is 18.0 Å². The molecule has 7 heteroatoms. The number of likely N-dealkylation sites (tertiary alicyclic amines) is 1. The smallest absolute Gasteiger partial charge is 0.311 e. The van der Waals surface area contributed by atoms with Crippen molar-refractivity contribution in [1.82, 2.24) is 10.2 Å². The second-order valence-corrected chi connectivity index (χ2v) is 7.51. The van der Waals surface area contributed by atoms with Gasteiger partial charge >= 0.3 is 11.8 Å². The van der Waals surface area contributed by atoms with Crippen molar-refractivity contribution in [3.05, 3.63) is 0 Å². The minimum atomic E-state index is -3.04. The van der Waals surface area contributed by atoms with Gasteiger partial charge in [0, 0.05) is 19.1 Å². The third-order valence-electron chi connectivity index (χ3n) is 3.66. The zero-order chi connectivity index (χ0) is 13.9. The van der Waals surface area contributed by atoms with Crippen LogP contribution in [0.3, 0.4) is 0 Å². The molecule has 0 radical (unpaired) electrons. The van der Waals surface area contributed by atoms with E-state index in [1.807, 2.05) is 0 Å². The molecule has 0 saturated carbocycles. The monoisotopic (exact) mass is 288 g/mol. The Morgan fingerprint density at radius 3 is 2.21 bits per heavy atom. The van der Waals surface area contributed by atoms with E-state index in [-0.39, 0.29) is 11.5 Å². The Morgan fingerprint density at radius 2 is 1.68 bits per heavy atom. The first kappa shape index (κ1) is 14.3. The van der Waals surface area contributed by atoms with Crippen LogP contribution < -0.4 is 5.32 Å².